The van der Waals surface area contributed by atoms with Crippen molar-refractivity contribution in [2.24, 2.45) is 0 Å². The Hall–Kier alpha value is -0.670. The average Bonchev–Trinajstić information content (AvgIpc) is 2.27. The van der Waals surface area contributed by atoms with Crippen LogP contribution in [0.15, 0.2) is 27.6 Å². The molecule has 0 bridgehead atoms. The summed E-state index contributed by atoms with van der Waals surface area (Å²) < 4.78 is 26.6. The maximum Gasteiger partial charge on any atom is 0.332 e. The summed E-state index contributed by atoms with van der Waals surface area (Å²) in [7, 11) is -3.84. The lowest BCUT2D eigenvalue weighted by molar-refractivity contribution is -0.146. The molecule has 0 fully saturated rings. The molecular formula is C10H11BrClNO5S. The van der Waals surface area contributed by atoms with Gasteiger partial charge in [0.2, 0.25) is 10.0 Å². The molecule has 0 radical (unpaired) electrons. The van der Waals surface area contributed by atoms with E-state index in [0.717, 1.165) is 0 Å². The van der Waals surface area contributed by atoms with Gasteiger partial charge in [-0.2, -0.15) is 0 Å². The second kappa shape index (κ2) is 6.67. The number of hydrogen-bond acceptors (Lipinski definition) is 4. The normalized spacial score (nSPS) is 13.2. The SMILES string of the molecule is O=C(O)[C@@H](O)CCNS(=O)(=O)c1ccc(Br)cc1Cl. The average molecular weight is 373 g/mol. The Morgan fingerprint density at radius 3 is 2.63 bits per heavy atom. The van der Waals surface area contributed by atoms with Crippen molar-refractivity contribution in [2.45, 2.75) is 17.4 Å². The Morgan fingerprint density at radius 1 is 1.47 bits per heavy atom. The third-order valence-corrected chi connectivity index (χ3v) is 4.62. The number of sulfonamides is 1. The minimum Gasteiger partial charge on any atom is -0.479 e. The summed E-state index contributed by atoms with van der Waals surface area (Å²) in [6, 6.07) is 4.27. The molecule has 1 aromatic carbocycles. The number of nitrogens with one attached hydrogen (secondary N) is 1. The van der Waals surface area contributed by atoms with E-state index in [2.05, 4.69) is 20.7 Å². The van der Waals surface area contributed by atoms with Gasteiger partial charge in [-0.1, -0.05) is 27.5 Å². The molecule has 0 amide bonds. The van der Waals surface area contributed by atoms with E-state index in [1.807, 2.05) is 0 Å². The van der Waals surface area contributed by atoms with Crippen molar-refractivity contribution in [1.82, 2.24) is 4.72 Å². The number of carboxylic acids is 1. The molecule has 3 N–H and O–H groups in total. The standard InChI is InChI=1S/C10H11BrClNO5S/c11-6-1-2-9(7(12)5-6)19(17,18)13-4-3-8(14)10(15)16/h1-2,5,8,13-14H,3-4H2,(H,15,16)/t8-/m0/s1. The zero-order chi connectivity index (χ0) is 14.6. The molecule has 0 spiro atoms. The quantitative estimate of drug-likeness (QED) is 0.696. The van der Waals surface area contributed by atoms with Crippen LogP contribution in [-0.4, -0.2) is 37.2 Å². The molecule has 9 heteroatoms. The summed E-state index contributed by atoms with van der Waals surface area (Å²) in [4.78, 5) is 10.3. The molecule has 1 aromatic rings. The number of halogens is 2. The van der Waals surface area contributed by atoms with Gasteiger partial charge < -0.3 is 10.2 Å². The predicted molar refractivity (Wildman–Crippen MR) is 72.6 cm³/mol. The Kier molecular flexibility index (Phi) is 5.75. The van der Waals surface area contributed by atoms with Crippen molar-refractivity contribution in [3.05, 3.63) is 27.7 Å². The van der Waals surface area contributed by atoms with E-state index in [4.69, 9.17) is 21.8 Å². The summed E-state index contributed by atoms with van der Waals surface area (Å²) >= 11 is 8.97. The first-order chi connectivity index (χ1) is 8.74. The monoisotopic (exact) mass is 371 g/mol. The number of aliphatic carboxylic acids is 1. The first-order valence-electron chi connectivity index (χ1n) is 5.09. The van der Waals surface area contributed by atoms with Crippen LogP contribution in [0, 0.1) is 0 Å². The smallest absolute Gasteiger partial charge is 0.332 e. The summed E-state index contributed by atoms with van der Waals surface area (Å²) in [6.45, 7) is -0.206. The van der Waals surface area contributed by atoms with E-state index < -0.39 is 22.1 Å². The van der Waals surface area contributed by atoms with Crippen LogP contribution in [0.25, 0.3) is 0 Å². The van der Waals surface area contributed by atoms with Crippen LogP contribution in [-0.2, 0) is 14.8 Å². The van der Waals surface area contributed by atoms with E-state index in [1.165, 1.54) is 18.2 Å². The maximum absolute atomic E-state index is 11.9. The number of benzene rings is 1. The van der Waals surface area contributed by atoms with Gasteiger partial charge in [0.25, 0.3) is 0 Å². The lowest BCUT2D eigenvalue weighted by atomic mass is 10.3. The van der Waals surface area contributed by atoms with Gasteiger partial charge in [-0.3, -0.25) is 0 Å². The van der Waals surface area contributed by atoms with Crippen LogP contribution in [0.2, 0.25) is 5.02 Å². The van der Waals surface area contributed by atoms with Gasteiger partial charge in [-0.05, 0) is 24.6 Å². The zero-order valence-electron chi connectivity index (χ0n) is 9.51. The van der Waals surface area contributed by atoms with Gasteiger partial charge in [0.15, 0.2) is 6.10 Å². The van der Waals surface area contributed by atoms with Crippen LogP contribution in [0.4, 0.5) is 0 Å². The van der Waals surface area contributed by atoms with E-state index >= 15 is 0 Å². The molecule has 0 heterocycles. The first-order valence-corrected chi connectivity index (χ1v) is 7.75. The molecule has 0 unspecified atom stereocenters. The van der Waals surface area contributed by atoms with Crippen LogP contribution in [0.1, 0.15) is 6.42 Å². The third-order valence-electron chi connectivity index (χ3n) is 2.18. The van der Waals surface area contributed by atoms with Crippen molar-refractivity contribution in [3.63, 3.8) is 0 Å². The molecule has 0 saturated carbocycles. The number of rotatable bonds is 6. The molecule has 1 atom stereocenters. The molecule has 0 aliphatic rings. The Morgan fingerprint density at radius 2 is 2.11 bits per heavy atom. The van der Waals surface area contributed by atoms with E-state index in [-0.39, 0.29) is 22.9 Å². The van der Waals surface area contributed by atoms with Gasteiger partial charge in [0, 0.05) is 11.0 Å². The minimum absolute atomic E-state index is 0.0423. The van der Waals surface area contributed by atoms with Gasteiger partial charge in [0.05, 0.1) is 5.02 Å². The molecule has 106 valence electrons. The molecule has 6 nitrogen and oxygen atoms in total. The highest BCUT2D eigenvalue weighted by Gasteiger charge is 2.19. The number of hydrogen-bond donors (Lipinski definition) is 3. The number of carboxylic acid groups (broad SMARTS) is 1. The van der Waals surface area contributed by atoms with Crippen molar-refractivity contribution in [1.29, 1.82) is 0 Å². The van der Waals surface area contributed by atoms with Gasteiger partial charge in [0.1, 0.15) is 4.90 Å². The molecule has 0 aliphatic heterocycles. The van der Waals surface area contributed by atoms with Crippen LogP contribution >= 0.6 is 27.5 Å². The molecular weight excluding hydrogens is 362 g/mol. The Balaban J connectivity index is 2.74. The van der Waals surface area contributed by atoms with Gasteiger partial charge in [-0.25, -0.2) is 17.9 Å². The lowest BCUT2D eigenvalue weighted by Gasteiger charge is -2.09. The highest BCUT2D eigenvalue weighted by molar-refractivity contribution is 9.10. The Labute approximate surface area is 123 Å². The summed E-state index contributed by atoms with van der Waals surface area (Å²) in [6.07, 6.45) is -1.84. The van der Waals surface area contributed by atoms with Crippen molar-refractivity contribution < 1.29 is 23.4 Å². The summed E-state index contributed by atoms with van der Waals surface area (Å²) in [5.74, 6) is -1.40. The van der Waals surface area contributed by atoms with Crippen LogP contribution < -0.4 is 4.72 Å². The molecule has 0 aliphatic carbocycles. The fraction of sp³-hybridized carbons (Fsp3) is 0.300. The minimum atomic E-state index is -3.84. The van der Waals surface area contributed by atoms with Crippen molar-refractivity contribution in [2.75, 3.05) is 6.54 Å². The van der Waals surface area contributed by atoms with Crippen LogP contribution in [0.5, 0.6) is 0 Å². The lowest BCUT2D eigenvalue weighted by Crippen LogP contribution is -2.30. The fourth-order valence-electron chi connectivity index (χ4n) is 1.22. The first kappa shape index (κ1) is 16.4. The molecule has 0 saturated heterocycles. The van der Waals surface area contributed by atoms with E-state index in [0.29, 0.717) is 4.47 Å². The van der Waals surface area contributed by atoms with Crippen molar-refractivity contribution in [3.8, 4) is 0 Å². The zero-order valence-corrected chi connectivity index (χ0v) is 12.7. The molecule has 1 rings (SSSR count). The second-order valence-corrected chi connectivity index (χ2v) is 6.67. The predicted octanol–water partition coefficient (Wildman–Crippen LogP) is 1.22. The highest BCUT2D eigenvalue weighted by atomic mass is 79.9. The Bertz CT molecular complexity index is 577. The largest absolute Gasteiger partial charge is 0.479 e. The van der Waals surface area contributed by atoms with Crippen LogP contribution in [0.3, 0.4) is 0 Å². The van der Waals surface area contributed by atoms with E-state index in [9.17, 15) is 13.2 Å². The number of carbonyl (C=O) groups is 1. The number of aliphatic hydroxyl groups is 1. The van der Waals surface area contributed by atoms with Crippen molar-refractivity contribution >= 4 is 43.5 Å². The van der Waals surface area contributed by atoms with E-state index in [1.54, 1.807) is 0 Å². The highest BCUT2D eigenvalue weighted by Crippen LogP contribution is 2.24. The summed E-state index contributed by atoms with van der Waals surface area (Å²) in [5, 5.41) is 17.5. The maximum atomic E-state index is 11.9. The van der Waals surface area contributed by atoms with Gasteiger partial charge in [-0.15, -0.1) is 0 Å². The topological polar surface area (TPSA) is 104 Å². The fourth-order valence-corrected chi connectivity index (χ4v) is 3.31. The summed E-state index contributed by atoms with van der Waals surface area (Å²) in [5.41, 5.74) is 0. The molecule has 19 heavy (non-hydrogen) atoms. The molecule has 0 aromatic heterocycles. The number of aliphatic hydroxyl groups excluding tert-OH is 1. The second-order valence-electron chi connectivity index (χ2n) is 3.62. The van der Waals surface area contributed by atoms with Gasteiger partial charge >= 0.3 is 5.97 Å². The third kappa shape index (κ3) is 4.73.